The number of hydrogen-bond donors (Lipinski definition) is 0. The molecule has 1 atom stereocenters. The standard InChI is InChI=1S/C19H29N3O3S/c1-15-5-4-8-21(14-15)19(23)17-7-6-16(2)18(13-17)26(24,25)22-11-9-20(3)10-12-22/h6-7,13,15H,4-5,8-12,14H2,1-3H3/t15-/m0/s1. The maximum absolute atomic E-state index is 13.1. The molecule has 0 spiro atoms. The van der Waals surface area contributed by atoms with E-state index in [1.807, 2.05) is 11.9 Å². The molecule has 0 unspecified atom stereocenters. The summed E-state index contributed by atoms with van der Waals surface area (Å²) in [5.74, 6) is 0.429. The van der Waals surface area contributed by atoms with Gasteiger partial charge in [-0.3, -0.25) is 4.79 Å². The first-order valence-corrected chi connectivity index (χ1v) is 10.8. The molecule has 0 aromatic heterocycles. The van der Waals surface area contributed by atoms with Gasteiger partial charge < -0.3 is 9.80 Å². The van der Waals surface area contributed by atoms with Gasteiger partial charge in [0.2, 0.25) is 10.0 Å². The summed E-state index contributed by atoms with van der Waals surface area (Å²) in [5, 5.41) is 0. The van der Waals surface area contributed by atoms with Crippen molar-refractivity contribution in [3.05, 3.63) is 29.3 Å². The predicted molar refractivity (Wildman–Crippen MR) is 102 cm³/mol. The van der Waals surface area contributed by atoms with Gasteiger partial charge in [0.1, 0.15) is 0 Å². The molecular formula is C19H29N3O3S. The maximum Gasteiger partial charge on any atom is 0.253 e. The Hall–Kier alpha value is -1.44. The van der Waals surface area contributed by atoms with Gasteiger partial charge in [-0.2, -0.15) is 4.31 Å². The van der Waals surface area contributed by atoms with Crippen LogP contribution in [0.3, 0.4) is 0 Å². The smallest absolute Gasteiger partial charge is 0.253 e. The van der Waals surface area contributed by atoms with Gasteiger partial charge in [-0.05, 0) is 50.4 Å². The van der Waals surface area contributed by atoms with Crippen LogP contribution in [0.2, 0.25) is 0 Å². The molecule has 2 aliphatic heterocycles. The van der Waals surface area contributed by atoms with E-state index in [0.717, 1.165) is 39.0 Å². The van der Waals surface area contributed by atoms with Gasteiger partial charge in [-0.25, -0.2) is 8.42 Å². The number of carbonyl (C=O) groups is 1. The van der Waals surface area contributed by atoms with E-state index < -0.39 is 10.0 Å². The molecule has 1 aromatic rings. The van der Waals surface area contributed by atoms with E-state index in [2.05, 4.69) is 11.8 Å². The Kier molecular flexibility index (Phi) is 5.69. The number of piperidine rings is 1. The van der Waals surface area contributed by atoms with E-state index in [1.54, 1.807) is 25.1 Å². The van der Waals surface area contributed by atoms with E-state index in [1.165, 1.54) is 4.31 Å². The van der Waals surface area contributed by atoms with Gasteiger partial charge in [-0.1, -0.05) is 13.0 Å². The molecule has 0 N–H and O–H groups in total. The number of likely N-dealkylation sites (N-methyl/N-ethyl adjacent to an activating group) is 1. The van der Waals surface area contributed by atoms with Crippen LogP contribution in [0.15, 0.2) is 23.1 Å². The summed E-state index contributed by atoms with van der Waals surface area (Å²) in [4.78, 5) is 17.1. The minimum absolute atomic E-state index is 0.0635. The van der Waals surface area contributed by atoms with Crippen LogP contribution in [0.1, 0.15) is 35.7 Å². The molecule has 6 nitrogen and oxygen atoms in total. The Morgan fingerprint density at radius 1 is 1.12 bits per heavy atom. The molecule has 3 rings (SSSR count). The summed E-state index contributed by atoms with van der Waals surface area (Å²) in [6.45, 7) is 7.86. The third-order valence-corrected chi connectivity index (χ3v) is 7.50. The normalized spacial score (nSPS) is 23.2. The van der Waals surface area contributed by atoms with Crippen molar-refractivity contribution in [3.8, 4) is 0 Å². The molecular weight excluding hydrogens is 350 g/mol. The van der Waals surface area contributed by atoms with Crippen molar-refractivity contribution in [1.29, 1.82) is 0 Å². The van der Waals surface area contributed by atoms with Gasteiger partial charge in [0, 0.05) is 44.8 Å². The van der Waals surface area contributed by atoms with Crippen molar-refractivity contribution in [2.75, 3.05) is 46.3 Å². The highest BCUT2D eigenvalue weighted by Gasteiger charge is 2.30. The second-order valence-corrected chi connectivity index (χ2v) is 9.59. The van der Waals surface area contributed by atoms with Gasteiger partial charge in [-0.15, -0.1) is 0 Å². The molecule has 0 saturated carbocycles. The zero-order chi connectivity index (χ0) is 18.9. The van der Waals surface area contributed by atoms with Gasteiger partial charge >= 0.3 is 0 Å². The van der Waals surface area contributed by atoms with Crippen LogP contribution in [0.5, 0.6) is 0 Å². The Labute approximate surface area is 156 Å². The molecule has 144 valence electrons. The number of amides is 1. The molecule has 1 aromatic carbocycles. The maximum atomic E-state index is 13.1. The van der Waals surface area contributed by atoms with Crippen molar-refractivity contribution in [1.82, 2.24) is 14.1 Å². The third kappa shape index (κ3) is 3.94. The molecule has 0 aliphatic carbocycles. The summed E-state index contributed by atoms with van der Waals surface area (Å²) >= 11 is 0. The summed E-state index contributed by atoms with van der Waals surface area (Å²) in [6, 6.07) is 5.08. The zero-order valence-electron chi connectivity index (χ0n) is 15.9. The molecule has 0 bridgehead atoms. The summed E-state index contributed by atoms with van der Waals surface area (Å²) in [7, 11) is -1.58. The SMILES string of the molecule is Cc1ccc(C(=O)N2CCC[C@H](C)C2)cc1S(=O)(=O)N1CCN(C)CC1. The fourth-order valence-electron chi connectivity index (χ4n) is 3.74. The lowest BCUT2D eigenvalue weighted by molar-refractivity contribution is 0.0683. The topological polar surface area (TPSA) is 60.9 Å². The lowest BCUT2D eigenvalue weighted by Crippen LogP contribution is -2.47. The number of carbonyl (C=O) groups excluding carboxylic acids is 1. The van der Waals surface area contributed by atoms with Gasteiger partial charge in [0.05, 0.1) is 4.90 Å². The molecule has 2 saturated heterocycles. The van der Waals surface area contributed by atoms with Gasteiger partial charge in [0.15, 0.2) is 0 Å². The second-order valence-electron chi connectivity index (χ2n) is 7.69. The molecule has 1 amide bonds. The van der Waals surface area contributed by atoms with Crippen LogP contribution in [0, 0.1) is 12.8 Å². The van der Waals surface area contributed by atoms with E-state index >= 15 is 0 Å². The van der Waals surface area contributed by atoms with E-state index in [0.29, 0.717) is 30.1 Å². The minimum Gasteiger partial charge on any atom is -0.338 e. The van der Waals surface area contributed by atoms with Crippen LogP contribution >= 0.6 is 0 Å². The van der Waals surface area contributed by atoms with Crippen molar-refractivity contribution >= 4 is 15.9 Å². The summed E-state index contributed by atoms with van der Waals surface area (Å²) < 4.78 is 27.7. The van der Waals surface area contributed by atoms with E-state index in [4.69, 9.17) is 0 Å². The number of hydrogen-bond acceptors (Lipinski definition) is 4. The molecule has 0 radical (unpaired) electrons. The number of rotatable bonds is 3. The quantitative estimate of drug-likeness (QED) is 0.804. The molecule has 2 fully saturated rings. The van der Waals surface area contributed by atoms with Crippen molar-refractivity contribution in [2.24, 2.45) is 5.92 Å². The number of nitrogens with zero attached hydrogens (tertiary/aromatic N) is 3. The zero-order valence-corrected chi connectivity index (χ0v) is 16.8. The van der Waals surface area contributed by atoms with Crippen LogP contribution in [0.25, 0.3) is 0 Å². The van der Waals surface area contributed by atoms with Gasteiger partial charge in [0.25, 0.3) is 5.91 Å². The Bertz CT molecular complexity index is 770. The monoisotopic (exact) mass is 379 g/mol. The highest BCUT2D eigenvalue weighted by Crippen LogP contribution is 2.24. The number of piperazine rings is 1. The lowest BCUT2D eigenvalue weighted by Gasteiger charge is -2.32. The fraction of sp³-hybridized carbons (Fsp3) is 0.632. The first kappa shape index (κ1) is 19.3. The first-order valence-electron chi connectivity index (χ1n) is 9.37. The molecule has 2 heterocycles. The molecule has 26 heavy (non-hydrogen) atoms. The Morgan fingerprint density at radius 3 is 2.46 bits per heavy atom. The average Bonchev–Trinajstić information content (AvgIpc) is 2.62. The highest BCUT2D eigenvalue weighted by atomic mass is 32.2. The van der Waals surface area contributed by atoms with Crippen molar-refractivity contribution in [2.45, 2.75) is 31.6 Å². The summed E-state index contributed by atoms with van der Waals surface area (Å²) in [5.41, 5.74) is 1.16. The number of likely N-dealkylation sites (tertiary alicyclic amines) is 1. The summed E-state index contributed by atoms with van der Waals surface area (Å²) in [6.07, 6.45) is 2.14. The fourth-order valence-corrected chi connectivity index (χ4v) is 5.41. The minimum atomic E-state index is -3.58. The van der Waals surface area contributed by atoms with E-state index in [-0.39, 0.29) is 10.8 Å². The third-order valence-electron chi connectivity index (χ3n) is 5.46. The average molecular weight is 380 g/mol. The Morgan fingerprint density at radius 2 is 1.81 bits per heavy atom. The Balaban J connectivity index is 1.86. The second kappa shape index (κ2) is 7.66. The first-order chi connectivity index (χ1) is 12.3. The number of benzene rings is 1. The number of sulfonamides is 1. The lowest BCUT2D eigenvalue weighted by atomic mass is 9.99. The van der Waals surface area contributed by atoms with Crippen LogP contribution in [-0.4, -0.2) is 74.7 Å². The molecule has 7 heteroatoms. The number of aryl methyl sites for hydroxylation is 1. The molecule has 2 aliphatic rings. The van der Waals surface area contributed by atoms with Crippen LogP contribution < -0.4 is 0 Å². The highest BCUT2D eigenvalue weighted by molar-refractivity contribution is 7.89. The van der Waals surface area contributed by atoms with Crippen LogP contribution in [0.4, 0.5) is 0 Å². The largest absolute Gasteiger partial charge is 0.338 e. The van der Waals surface area contributed by atoms with Crippen LogP contribution in [-0.2, 0) is 10.0 Å². The predicted octanol–water partition coefficient (Wildman–Crippen LogP) is 1.80. The van der Waals surface area contributed by atoms with Crippen molar-refractivity contribution in [3.63, 3.8) is 0 Å². The van der Waals surface area contributed by atoms with E-state index in [9.17, 15) is 13.2 Å². The van der Waals surface area contributed by atoms with Crippen molar-refractivity contribution < 1.29 is 13.2 Å².